The van der Waals surface area contributed by atoms with Crippen LogP contribution in [-0.4, -0.2) is 54.9 Å². The van der Waals surface area contributed by atoms with Crippen molar-refractivity contribution in [1.82, 2.24) is 9.80 Å². The van der Waals surface area contributed by atoms with E-state index in [1.807, 2.05) is 0 Å². The Bertz CT molecular complexity index is 133. The molecule has 0 bridgehead atoms. The summed E-state index contributed by atoms with van der Waals surface area (Å²) in [4.78, 5) is 4.97. The van der Waals surface area contributed by atoms with Gasteiger partial charge in [-0.25, -0.2) is 0 Å². The summed E-state index contributed by atoms with van der Waals surface area (Å²) in [5.74, 6) is 0.804. The summed E-state index contributed by atoms with van der Waals surface area (Å²) in [6.07, 6.45) is 2.39. The summed E-state index contributed by atoms with van der Waals surface area (Å²) < 4.78 is 0. The minimum atomic E-state index is 0.715. The zero-order chi connectivity index (χ0) is 9.68. The second-order valence-electron chi connectivity index (χ2n) is 4.02. The van der Waals surface area contributed by atoms with Crippen LogP contribution in [0.2, 0.25) is 0 Å². The first kappa shape index (κ1) is 11.3. The van der Waals surface area contributed by atoms with E-state index in [0.717, 1.165) is 12.3 Å². The van der Waals surface area contributed by atoms with Crippen LogP contribution in [0.5, 0.6) is 0 Å². The normalized spacial score (nSPS) is 23.3. The first-order chi connectivity index (χ1) is 6.24. The Morgan fingerprint density at radius 1 is 1.23 bits per heavy atom. The minimum Gasteiger partial charge on any atom is -0.304 e. The van der Waals surface area contributed by atoms with Crippen LogP contribution in [0.3, 0.4) is 0 Å². The summed E-state index contributed by atoms with van der Waals surface area (Å²) in [5.41, 5.74) is 0. The van der Waals surface area contributed by atoms with Crippen LogP contribution in [0.4, 0.5) is 0 Å². The lowest BCUT2D eigenvalue weighted by Gasteiger charge is -2.36. The van der Waals surface area contributed by atoms with E-state index >= 15 is 0 Å². The van der Waals surface area contributed by atoms with E-state index < -0.39 is 0 Å². The van der Waals surface area contributed by atoms with Gasteiger partial charge < -0.3 is 4.90 Å². The van der Waals surface area contributed by atoms with E-state index in [2.05, 4.69) is 23.8 Å². The first-order valence-corrected chi connectivity index (χ1v) is 5.76. The SMILES string of the molecule is C[C@H](CCCCl)N1CCN(C)CC1. The molecule has 0 spiro atoms. The van der Waals surface area contributed by atoms with Crippen molar-refractivity contribution < 1.29 is 0 Å². The van der Waals surface area contributed by atoms with Crippen LogP contribution >= 0.6 is 11.6 Å². The van der Waals surface area contributed by atoms with Gasteiger partial charge in [-0.15, -0.1) is 11.6 Å². The molecule has 13 heavy (non-hydrogen) atoms. The summed E-state index contributed by atoms with van der Waals surface area (Å²) >= 11 is 5.68. The molecule has 1 aliphatic heterocycles. The van der Waals surface area contributed by atoms with Crippen molar-refractivity contribution in [2.75, 3.05) is 39.1 Å². The third kappa shape index (κ3) is 3.84. The molecule has 78 valence electrons. The van der Waals surface area contributed by atoms with E-state index in [1.165, 1.54) is 32.6 Å². The van der Waals surface area contributed by atoms with E-state index in [4.69, 9.17) is 11.6 Å². The van der Waals surface area contributed by atoms with Crippen LogP contribution in [0.15, 0.2) is 0 Å². The number of halogens is 1. The number of alkyl halides is 1. The number of rotatable bonds is 4. The van der Waals surface area contributed by atoms with Crippen molar-refractivity contribution in [3.63, 3.8) is 0 Å². The number of hydrogen-bond acceptors (Lipinski definition) is 2. The van der Waals surface area contributed by atoms with Gasteiger partial charge in [0, 0.05) is 38.1 Å². The highest BCUT2D eigenvalue weighted by atomic mass is 35.5. The summed E-state index contributed by atoms with van der Waals surface area (Å²) in [6.45, 7) is 7.19. The van der Waals surface area contributed by atoms with Gasteiger partial charge in [-0.3, -0.25) is 4.90 Å². The maximum atomic E-state index is 5.68. The molecule has 0 aromatic carbocycles. The number of piperazine rings is 1. The van der Waals surface area contributed by atoms with Gasteiger partial charge in [-0.05, 0) is 26.8 Å². The van der Waals surface area contributed by atoms with Gasteiger partial charge in [0.15, 0.2) is 0 Å². The van der Waals surface area contributed by atoms with Crippen molar-refractivity contribution in [1.29, 1.82) is 0 Å². The van der Waals surface area contributed by atoms with Gasteiger partial charge in [-0.2, -0.15) is 0 Å². The molecule has 0 N–H and O–H groups in total. The first-order valence-electron chi connectivity index (χ1n) is 5.22. The number of nitrogens with zero attached hydrogens (tertiary/aromatic N) is 2. The molecule has 0 aromatic heterocycles. The zero-order valence-electron chi connectivity index (χ0n) is 8.80. The van der Waals surface area contributed by atoms with Crippen molar-refractivity contribution in [3.8, 4) is 0 Å². The molecule has 1 heterocycles. The quantitative estimate of drug-likeness (QED) is 0.643. The number of likely N-dealkylation sites (N-methyl/N-ethyl adjacent to an activating group) is 1. The molecule has 1 fully saturated rings. The fourth-order valence-electron chi connectivity index (χ4n) is 1.82. The summed E-state index contributed by atoms with van der Waals surface area (Å²) in [5, 5.41) is 0. The highest BCUT2D eigenvalue weighted by Gasteiger charge is 2.18. The largest absolute Gasteiger partial charge is 0.304 e. The standard InChI is InChI=1S/C10H21ClN2/c1-10(4-3-5-11)13-8-6-12(2)7-9-13/h10H,3-9H2,1-2H3/t10-/m1/s1. The highest BCUT2D eigenvalue weighted by Crippen LogP contribution is 2.09. The molecule has 0 aromatic rings. The molecule has 1 rings (SSSR count). The van der Waals surface area contributed by atoms with Gasteiger partial charge in [0.05, 0.1) is 0 Å². The van der Waals surface area contributed by atoms with Crippen molar-refractivity contribution in [2.24, 2.45) is 0 Å². The molecule has 1 aliphatic rings. The molecule has 0 saturated carbocycles. The van der Waals surface area contributed by atoms with Crippen LogP contribution in [0, 0.1) is 0 Å². The second-order valence-corrected chi connectivity index (χ2v) is 4.40. The highest BCUT2D eigenvalue weighted by molar-refractivity contribution is 6.17. The molecule has 2 nitrogen and oxygen atoms in total. The molecule has 1 saturated heterocycles. The van der Waals surface area contributed by atoms with Crippen molar-refractivity contribution >= 4 is 11.6 Å². The van der Waals surface area contributed by atoms with E-state index in [9.17, 15) is 0 Å². The molecule has 0 aliphatic carbocycles. The Labute approximate surface area is 86.8 Å². The third-order valence-electron chi connectivity index (χ3n) is 2.92. The van der Waals surface area contributed by atoms with Crippen LogP contribution in [-0.2, 0) is 0 Å². The fourth-order valence-corrected chi connectivity index (χ4v) is 1.97. The average Bonchev–Trinajstić information content (AvgIpc) is 2.15. The molecular formula is C10H21ClN2. The average molecular weight is 205 g/mol. The third-order valence-corrected chi connectivity index (χ3v) is 3.18. The smallest absolute Gasteiger partial charge is 0.0224 e. The van der Waals surface area contributed by atoms with E-state index in [-0.39, 0.29) is 0 Å². The molecule has 0 unspecified atom stereocenters. The Morgan fingerprint density at radius 3 is 2.38 bits per heavy atom. The van der Waals surface area contributed by atoms with Gasteiger partial charge in [0.1, 0.15) is 0 Å². The monoisotopic (exact) mass is 204 g/mol. The number of hydrogen-bond donors (Lipinski definition) is 0. The molecule has 0 amide bonds. The minimum absolute atomic E-state index is 0.715. The van der Waals surface area contributed by atoms with Crippen LogP contribution in [0.1, 0.15) is 19.8 Å². The van der Waals surface area contributed by atoms with Gasteiger partial charge in [0.2, 0.25) is 0 Å². The Kier molecular flexibility index (Phi) is 5.07. The van der Waals surface area contributed by atoms with Gasteiger partial charge in [-0.1, -0.05) is 0 Å². The van der Waals surface area contributed by atoms with Gasteiger partial charge in [0.25, 0.3) is 0 Å². The molecular weight excluding hydrogens is 184 g/mol. The van der Waals surface area contributed by atoms with Crippen molar-refractivity contribution in [2.45, 2.75) is 25.8 Å². The lowest BCUT2D eigenvalue weighted by molar-refractivity contribution is 0.114. The lowest BCUT2D eigenvalue weighted by Crippen LogP contribution is -2.48. The summed E-state index contributed by atoms with van der Waals surface area (Å²) in [6, 6.07) is 0.715. The summed E-state index contributed by atoms with van der Waals surface area (Å²) in [7, 11) is 2.20. The maximum Gasteiger partial charge on any atom is 0.0224 e. The van der Waals surface area contributed by atoms with Crippen molar-refractivity contribution in [3.05, 3.63) is 0 Å². The fraction of sp³-hybridized carbons (Fsp3) is 1.00. The Balaban J connectivity index is 2.19. The Hall–Kier alpha value is 0.210. The van der Waals surface area contributed by atoms with E-state index in [1.54, 1.807) is 0 Å². The van der Waals surface area contributed by atoms with Gasteiger partial charge >= 0.3 is 0 Å². The predicted molar refractivity (Wildman–Crippen MR) is 58.5 cm³/mol. The Morgan fingerprint density at radius 2 is 1.85 bits per heavy atom. The zero-order valence-corrected chi connectivity index (χ0v) is 9.56. The molecule has 1 atom stereocenters. The van der Waals surface area contributed by atoms with Crippen LogP contribution in [0.25, 0.3) is 0 Å². The predicted octanol–water partition coefficient (Wildman–Crippen LogP) is 1.64. The molecule has 3 heteroatoms. The lowest BCUT2D eigenvalue weighted by atomic mass is 10.1. The molecule has 0 radical (unpaired) electrons. The van der Waals surface area contributed by atoms with Crippen LogP contribution < -0.4 is 0 Å². The topological polar surface area (TPSA) is 6.48 Å². The van der Waals surface area contributed by atoms with E-state index in [0.29, 0.717) is 6.04 Å². The maximum absolute atomic E-state index is 5.68. The second kappa shape index (κ2) is 5.84.